The first-order valence-corrected chi connectivity index (χ1v) is 11.1. The summed E-state index contributed by atoms with van der Waals surface area (Å²) in [5.41, 5.74) is -0.0967. The van der Waals surface area contributed by atoms with Gasteiger partial charge in [0.25, 0.3) is 0 Å². The molecule has 9 heteroatoms. The monoisotopic (exact) mass is 436 g/mol. The quantitative estimate of drug-likeness (QED) is 0.710. The maximum Gasteiger partial charge on any atom is 0.410 e. The summed E-state index contributed by atoms with van der Waals surface area (Å²) in [5.74, 6) is -0.203. The van der Waals surface area contributed by atoms with Crippen LogP contribution in [0.25, 0.3) is 0 Å². The molecule has 1 aromatic rings. The first-order chi connectivity index (χ1) is 12.4. The number of amides is 1. The fraction of sp³-hybridized carbons (Fsp3) is 0.611. The first-order valence-electron chi connectivity index (χ1n) is 8.76. The number of hydrogen-bond donors (Lipinski definition) is 0. The molecule has 2 rings (SSSR count). The van der Waals surface area contributed by atoms with Gasteiger partial charge >= 0.3 is 6.09 Å². The van der Waals surface area contributed by atoms with E-state index in [2.05, 4.69) is 0 Å². The van der Waals surface area contributed by atoms with Gasteiger partial charge in [-0.3, -0.25) is 0 Å². The molecule has 0 bridgehead atoms. The molecule has 0 N–H and O–H groups in total. The van der Waals surface area contributed by atoms with E-state index in [1.807, 2.05) is 0 Å². The molecule has 0 unspecified atom stereocenters. The number of carbonyl (C=O) groups excluding carboxylic acids is 1. The van der Waals surface area contributed by atoms with Gasteiger partial charge in [-0.05, 0) is 51.3 Å². The number of carbonyl (C=O) groups is 1. The third kappa shape index (κ3) is 6.24. The third-order valence-electron chi connectivity index (χ3n) is 4.33. The van der Waals surface area contributed by atoms with Gasteiger partial charge < -0.3 is 9.64 Å². The number of halogens is 2. The Balaban J connectivity index is 2.08. The standard InChI is InChI=1S/C18H26Cl2N2O4S/c1-18(2,3)26-17(23)21(4)15-6-5-9-22(11-15)27(24,25)12-13-7-8-14(19)10-16(13)20/h7-8,10,15H,5-6,9,11-12H2,1-4H3/t15-/m1/s1. The second-order valence-electron chi connectivity index (χ2n) is 7.74. The SMILES string of the molecule is CN(C(=O)OC(C)(C)C)[C@@H]1CCCN(S(=O)(=O)Cc2ccc(Cl)cc2Cl)C1. The maximum atomic E-state index is 12.9. The number of nitrogens with zero attached hydrogens (tertiary/aromatic N) is 2. The van der Waals surface area contributed by atoms with Gasteiger partial charge in [-0.25, -0.2) is 13.2 Å². The second kappa shape index (κ2) is 8.55. The van der Waals surface area contributed by atoms with Crippen molar-refractivity contribution in [2.75, 3.05) is 20.1 Å². The number of benzene rings is 1. The van der Waals surface area contributed by atoms with Crippen LogP contribution in [0.4, 0.5) is 4.79 Å². The van der Waals surface area contributed by atoms with Crippen molar-refractivity contribution < 1.29 is 17.9 Å². The van der Waals surface area contributed by atoms with Crippen LogP contribution in [0.2, 0.25) is 10.0 Å². The summed E-state index contributed by atoms with van der Waals surface area (Å²) in [6, 6.07) is 4.54. The zero-order valence-corrected chi connectivity index (χ0v) is 18.4. The Morgan fingerprint density at radius 3 is 2.59 bits per heavy atom. The molecule has 1 aliphatic rings. The number of likely N-dealkylation sites (N-methyl/N-ethyl adjacent to an activating group) is 1. The van der Waals surface area contributed by atoms with E-state index in [1.54, 1.807) is 40.0 Å². The van der Waals surface area contributed by atoms with Crippen molar-refractivity contribution in [1.29, 1.82) is 0 Å². The summed E-state index contributed by atoms with van der Waals surface area (Å²) in [6.45, 7) is 6.06. The van der Waals surface area contributed by atoms with Gasteiger partial charge in [0.05, 0.1) is 5.75 Å². The Morgan fingerprint density at radius 1 is 1.33 bits per heavy atom. The summed E-state index contributed by atoms with van der Waals surface area (Å²) in [6.07, 6.45) is 0.946. The Morgan fingerprint density at radius 2 is 2.00 bits per heavy atom. The molecule has 1 amide bonds. The van der Waals surface area contributed by atoms with Crippen LogP contribution in [0.5, 0.6) is 0 Å². The average molecular weight is 437 g/mol. The molecule has 1 heterocycles. The van der Waals surface area contributed by atoms with Gasteiger partial charge in [0.2, 0.25) is 10.0 Å². The van der Waals surface area contributed by atoms with Gasteiger partial charge in [0.15, 0.2) is 0 Å². The van der Waals surface area contributed by atoms with E-state index in [9.17, 15) is 13.2 Å². The predicted molar refractivity (Wildman–Crippen MR) is 108 cm³/mol. The number of ether oxygens (including phenoxy) is 1. The number of piperidine rings is 1. The fourth-order valence-corrected chi connectivity index (χ4v) is 5.09. The van der Waals surface area contributed by atoms with Gasteiger partial charge in [-0.15, -0.1) is 0 Å². The normalized spacial score (nSPS) is 19.0. The van der Waals surface area contributed by atoms with Crippen molar-refractivity contribution in [3.8, 4) is 0 Å². The molecule has 0 spiro atoms. The van der Waals surface area contributed by atoms with Crippen molar-refractivity contribution in [2.45, 2.75) is 51.0 Å². The van der Waals surface area contributed by atoms with Crippen molar-refractivity contribution >= 4 is 39.3 Å². The van der Waals surface area contributed by atoms with Crippen LogP contribution in [0.15, 0.2) is 18.2 Å². The molecule has 0 saturated carbocycles. The third-order valence-corrected chi connectivity index (χ3v) is 6.72. The fourth-order valence-electron chi connectivity index (χ4n) is 2.90. The molecule has 1 atom stereocenters. The van der Waals surface area contributed by atoms with Crippen LogP contribution < -0.4 is 0 Å². The largest absolute Gasteiger partial charge is 0.444 e. The predicted octanol–water partition coefficient (Wildman–Crippen LogP) is 4.15. The van der Waals surface area contributed by atoms with Crippen LogP contribution in [-0.4, -0.2) is 55.5 Å². The highest BCUT2D eigenvalue weighted by molar-refractivity contribution is 7.88. The smallest absolute Gasteiger partial charge is 0.410 e. The van der Waals surface area contributed by atoms with Crippen molar-refractivity contribution in [2.24, 2.45) is 0 Å². The highest BCUT2D eigenvalue weighted by atomic mass is 35.5. The maximum absolute atomic E-state index is 12.9. The summed E-state index contributed by atoms with van der Waals surface area (Å²) in [5, 5.41) is 0.781. The second-order valence-corrected chi connectivity index (χ2v) is 10.5. The minimum atomic E-state index is -3.57. The average Bonchev–Trinajstić information content (AvgIpc) is 2.55. The van der Waals surface area contributed by atoms with E-state index in [0.717, 1.165) is 6.42 Å². The van der Waals surface area contributed by atoms with Gasteiger partial charge in [-0.2, -0.15) is 4.31 Å². The Bertz CT molecular complexity index is 793. The van der Waals surface area contributed by atoms with E-state index < -0.39 is 21.7 Å². The molecule has 27 heavy (non-hydrogen) atoms. The van der Waals surface area contributed by atoms with Gasteiger partial charge in [0, 0.05) is 36.2 Å². The topological polar surface area (TPSA) is 66.9 Å². The lowest BCUT2D eigenvalue weighted by Crippen LogP contribution is -2.51. The van der Waals surface area contributed by atoms with E-state index in [1.165, 1.54) is 15.3 Å². The summed E-state index contributed by atoms with van der Waals surface area (Å²) in [4.78, 5) is 13.8. The zero-order valence-electron chi connectivity index (χ0n) is 16.0. The van der Waals surface area contributed by atoms with E-state index in [0.29, 0.717) is 28.6 Å². The van der Waals surface area contributed by atoms with E-state index in [4.69, 9.17) is 27.9 Å². The lowest BCUT2D eigenvalue weighted by Gasteiger charge is -2.37. The van der Waals surface area contributed by atoms with Gasteiger partial charge in [0.1, 0.15) is 5.60 Å². The molecule has 0 radical (unpaired) electrons. The lowest BCUT2D eigenvalue weighted by atomic mass is 10.1. The minimum Gasteiger partial charge on any atom is -0.444 e. The molecule has 1 saturated heterocycles. The van der Waals surface area contributed by atoms with Crippen LogP contribution in [0.1, 0.15) is 39.2 Å². The molecule has 152 valence electrons. The highest BCUT2D eigenvalue weighted by Gasteiger charge is 2.34. The van der Waals surface area contributed by atoms with E-state index >= 15 is 0 Å². The minimum absolute atomic E-state index is 0.203. The highest BCUT2D eigenvalue weighted by Crippen LogP contribution is 2.26. The van der Waals surface area contributed by atoms with Crippen LogP contribution in [-0.2, 0) is 20.5 Å². The van der Waals surface area contributed by atoms with Crippen molar-refractivity contribution in [3.63, 3.8) is 0 Å². The molecule has 0 aliphatic carbocycles. The van der Waals surface area contributed by atoms with Crippen LogP contribution >= 0.6 is 23.2 Å². The number of sulfonamides is 1. The molecule has 1 aromatic carbocycles. The number of rotatable bonds is 4. The molecule has 6 nitrogen and oxygen atoms in total. The van der Waals surface area contributed by atoms with Crippen molar-refractivity contribution in [3.05, 3.63) is 33.8 Å². The summed E-state index contributed by atoms with van der Waals surface area (Å²) >= 11 is 12.0. The zero-order chi connectivity index (χ0) is 20.4. The van der Waals surface area contributed by atoms with Crippen LogP contribution in [0, 0.1) is 0 Å². The molecular formula is C18H26Cl2N2O4S. The van der Waals surface area contributed by atoms with Crippen molar-refractivity contribution in [1.82, 2.24) is 9.21 Å². The Kier molecular flexibility index (Phi) is 7.06. The lowest BCUT2D eigenvalue weighted by molar-refractivity contribution is 0.0173. The Labute approximate surface area is 171 Å². The molecule has 1 aliphatic heterocycles. The molecule has 0 aromatic heterocycles. The molecular weight excluding hydrogens is 411 g/mol. The first kappa shape index (κ1) is 22.3. The van der Waals surface area contributed by atoms with Gasteiger partial charge in [-0.1, -0.05) is 29.3 Å². The molecule has 1 fully saturated rings. The summed E-state index contributed by atoms with van der Waals surface area (Å²) < 4.78 is 32.5. The Hall–Kier alpha value is -1.02. The summed E-state index contributed by atoms with van der Waals surface area (Å²) in [7, 11) is -1.93. The van der Waals surface area contributed by atoms with Crippen LogP contribution in [0.3, 0.4) is 0 Å². The number of hydrogen-bond acceptors (Lipinski definition) is 4. The van der Waals surface area contributed by atoms with E-state index in [-0.39, 0.29) is 18.3 Å².